The van der Waals surface area contributed by atoms with E-state index in [-0.39, 0.29) is 0 Å². The summed E-state index contributed by atoms with van der Waals surface area (Å²) in [6.07, 6.45) is 7.10. The number of aryl methyl sites for hydroxylation is 2. The zero-order valence-electron chi connectivity index (χ0n) is 15.2. The van der Waals surface area contributed by atoms with E-state index < -0.39 is 0 Å². The first-order valence-electron chi connectivity index (χ1n) is 8.38. The second kappa shape index (κ2) is 6.52. The first-order valence-corrected chi connectivity index (χ1v) is 8.38. The minimum atomic E-state index is 0.469. The van der Waals surface area contributed by atoms with Crippen LogP contribution in [0.1, 0.15) is 12.5 Å². The molecule has 136 valence electrons. The molecule has 9 heteroatoms. The smallest absolute Gasteiger partial charge is 0.247 e. The molecule has 1 aromatic carbocycles. The molecular weight excluding hydrogens is 342 g/mol. The first kappa shape index (κ1) is 16.7. The maximum Gasteiger partial charge on any atom is 0.247 e. The van der Waals surface area contributed by atoms with Crippen LogP contribution >= 0.6 is 0 Å². The number of hydrogen-bond acceptors (Lipinski definition) is 6. The molecule has 0 aliphatic rings. The highest BCUT2D eigenvalue weighted by Gasteiger charge is 2.13. The van der Waals surface area contributed by atoms with Crippen LogP contribution in [0.25, 0.3) is 16.9 Å². The Morgan fingerprint density at radius 1 is 1.30 bits per heavy atom. The van der Waals surface area contributed by atoms with Crippen LogP contribution in [0.2, 0.25) is 0 Å². The van der Waals surface area contributed by atoms with Gasteiger partial charge in [-0.3, -0.25) is 9.67 Å². The zero-order chi connectivity index (χ0) is 19.0. The number of nitrogens with one attached hydrogen (secondary N) is 1. The Labute approximate surface area is 155 Å². The van der Waals surface area contributed by atoms with Crippen molar-refractivity contribution in [1.29, 1.82) is 0 Å². The Morgan fingerprint density at radius 2 is 2.15 bits per heavy atom. The number of anilines is 2. The van der Waals surface area contributed by atoms with Gasteiger partial charge >= 0.3 is 0 Å². The summed E-state index contributed by atoms with van der Waals surface area (Å²) in [4.78, 5) is 13.4. The van der Waals surface area contributed by atoms with Crippen molar-refractivity contribution >= 4 is 28.8 Å². The molecular formula is C18H19N9. The molecule has 0 saturated carbocycles. The summed E-state index contributed by atoms with van der Waals surface area (Å²) in [6.45, 7) is 3.75. The number of nitrogens with zero attached hydrogens (tertiary/aromatic N) is 7. The lowest BCUT2D eigenvalue weighted by Crippen LogP contribution is -2.04. The molecule has 0 spiro atoms. The second-order valence-corrected chi connectivity index (χ2v) is 6.26. The standard InChI is InChI=1S/C18H19N9/c1-11-4-5-14(8-15(11)22-12(2)19)23-18-24-17-16(13-9-21-26(3)10-13)20-6-7-27(17)25-18/h4-10H,1-3H3,(H2,19,22)(H,23,25). The quantitative estimate of drug-likeness (QED) is 0.427. The van der Waals surface area contributed by atoms with Crippen molar-refractivity contribution < 1.29 is 0 Å². The van der Waals surface area contributed by atoms with E-state index in [0.29, 0.717) is 17.4 Å². The molecule has 0 fully saturated rings. The Bertz CT molecular complexity index is 1150. The van der Waals surface area contributed by atoms with Gasteiger partial charge in [0.2, 0.25) is 5.95 Å². The largest absolute Gasteiger partial charge is 0.387 e. The fourth-order valence-electron chi connectivity index (χ4n) is 2.74. The lowest BCUT2D eigenvalue weighted by Gasteiger charge is -2.06. The number of fused-ring (bicyclic) bond motifs is 1. The van der Waals surface area contributed by atoms with Gasteiger partial charge in [-0.05, 0) is 31.5 Å². The van der Waals surface area contributed by atoms with Crippen LogP contribution in [0.4, 0.5) is 17.3 Å². The average molecular weight is 361 g/mol. The topological polar surface area (TPSA) is 111 Å². The summed E-state index contributed by atoms with van der Waals surface area (Å²) < 4.78 is 3.42. The molecule has 3 N–H and O–H groups in total. The van der Waals surface area contributed by atoms with E-state index >= 15 is 0 Å². The maximum absolute atomic E-state index is 5.71. The van der Waals surface area contributed by atoms with Crippen molar-refractivity contribution in [2.24, 2.45) is 17.8 Å². The molecule has 27 heavy (non-hydrogen) atoms. The molecule has 0 atom stereocenters. The molecule has 9 nitrogen and oxygen atoms in total. The Balaban J connectivity index is 1.71. The van der Waals surface area contributed by atoms with Crippen LogP contribution in [0.5, 0.6) is 0 Å². The highest BCUT2D eigenvalue weighted by molar-refractivity contribution is 5.81. The molecule has 3 aromatic heterocycles. The third-order valence-electron chi connectivity index (χ3n) is 3.99. The molecule has 3 heterocycles. The van der Waals surface area contributed by atoms with Crippen LogP contribution in [0.3, 0.4) is 0 Å². The van der Waals surface area contributed by atoms with E-state index in [1.807, 2.05) is 38.4 Å². The number of amidine groups is 1. The van der Waals surface area contributed by atoms with Crippen molar-refractivity contribution in [2.45, 2.75) is 13.8 Å². The van der Waals surface area contributed by atoms with E-state index in [0.717, 1.165) is 28.2 Å². The molecule has 0 aliphatic heterocycles. The van der Waals surface area contributed by atoms with Crippen molar-refractivity contribution in [3.8, 4) is 11.3 Å². The van der Waals surface area contributed by atoms with Crippen molar-refractivity contribution in [3.05, 3.63) is 48.5 Å². The molecule has 0 bridgehead atoms. The van der Waals surface area contributed by atoms with E-state index in [9.17, 15) is 0 Å². The molecule has 4 rings (SSSR count). The van der Waals surface area contributed by atoms with Gasteiger partial charge in [0.05, 0.1) is 17.7 Å². The van der Waals surface area contributed by atoms with Crippen molar-refractivity contribution in [1.82, 2.24) is 29.4 Å². The summed E-state index contributed by atoms with van der Waals surface area (Å²) in [5.41, 5.74) is 10.6. The van der Waals surface area contributed by atoms with Crippen molar-refractivity contribution in [3.63, 3.8) is 0 Å². The lowest BCUT2D eigenvalue weighted by molar-refractivity contribution is 0.768. The Kier molecular flexibility index (Phi) is 4.03. The van der Waals surface area contributed by atoms with Gasteiger partial charge in [-0.2, -0.15) is 10.1 Å². The number of rotatable bonds is 4. The summed E-state index contributed by atoms with van der Waals surface area (Å²) in [6, 6.07) is 5.84. The number of aromatic nitrogens is 6. The van der Waals surface area contributed by atoms with Crippen LogP contribution in [0, 0.1) is 6.92 Å². The van der Waals surface area contributed by atoms with Gasteiger partial charge in [-0.15, -0.1) is 5.10 Å². The average Bonchev–Trinajstić information content (AvgIpc) is 3.22. The zero-order valence-corrected chi connectivity index (χ0v) is 15.2. The summed E-state index contributed by atoms with van der Waals surface area (Å²) in [5.74, 6) is 0.977. The van der Waals surface area contributed by atoms with Gasteiger partial charge in [0.1, 0.15) is 5.69 Å². The number of nitrogens with two attached hydrogens (primary N) is 1. The fourth-order valence-corrected chi connectivity index (χ4v) is 2.74. The van der Waals surface area contributed by atoms with Gasteiger partial charge in [-0.25, -0.2) is 9.51 Å². The summed E-state index contributed by atoms with van der Waals surface area (Å²) >= 11 is 0. The Hall–Kier alpha value is -3.75. The highest BCUT2D eigenvalue weighted by Crippen LogP contribution is 2.26. The first-order chi connectivity index (χ1) is 13.0. The third kappa shape index (κ3) is 3.34. The minimum absolute atomic E-state index is 0.469. The number of benzene rings is 1. The second-order valence-electron chi connectivity index (χ2n) is 6.26. The van der Waals surface area contributed by atoms with Crippen LogP contribution in [0.15, 0.2) is 48.0 Å². The maximum atomic E-state index is 5.71. The van der Waals surface area contributed by atoms with Crippen LogP contribution in [-0.4, -0.2) is 35.2 Å². The molecule has 0 unspecified atom stereocenters. The van der Waals surface area contributed by atoms with Crippen LogP contribution < -0.4 is 11.1 Å². The monoisotopic (exact) mass is 361 g/mol. The number of aliphatic imine (C=N–C) groups is 1. The van der Waals surface area contributed by atoms with Gasteiger partial charge in [0.25, 0.3) is 0 Å². The predicted molar refractivity (Wildman–Crippen MR) is 104 cm³/mol. The third-order valence-corrected chi connectivity index (χ3v) is 3.99. The van der Waals surface area contributed by atoms with E-state index in [2.05, 4.69) is 30.5 Å². The van der Waals surface area contributed by atoms with E-state index in [1.165, 1.54) is 0 Å². The van der Waals surface area contributed by atoms with Crippen LogP contribution in [-0.2, 0) is 7.05 Å². The predicted octanol–water partition coefficient (Wildman–Crippen LogP) is 2.59. The minimum Gasteiger partial charge on any atom is -0.387 e. The SMILES string of the molecule is CC(N)=Nc1cc(Nc2nc3c(-c4cnn(C)c4)nccn3n2)ccc1C. The molecule has 0 amide bonds. The fraction of sp³-hybridized carbons (Fsp3) is 0.167. The highest BCUT2D eigenvalue weighted by atomic mass is 15.4. The molecule has 0 radical (unpaired) electrons. The van der Waals surface area contributed by atoms with Gasteiger partial charge in [-0.1, -0.05) is 6.07 Å². The summed E-state index contributed by atoms with van der Waals surface area (Å²) in [7, 11) is 1.86. The molecule has 0 saturated heterocycles. The Morgan fingerprint density at radius 3 is 2.89 bits per heavy atom. The van der Waals surface area contributed by atoms with Crippen molar-refractivity contribution in [2.75, 3.05) is 5.32 Å². The van der Waals surface area contributed by atoms with E-state index in [1.54, 1.807) is 34.7 Å². The lowest BCUT2D eigenvalue weighted by atomic mass is 10.2. The summed E-state index contributed by atoms with van der Waals surface area (Å²) in [5, 5.41) is 11.9. The van der Waals surface area contributed by atoms with Gasteiger partial charge in [0.15, 0.2) is 5.65 Å². The number of hydrogen-bond donors (Lipinski definition) is 2. The molecule has 4 aromatic rings. The van der Waals surface area contributed by atoms with E-state index in [4.69, 9.17) is 5.73 Å². The molecule has 0 aliphatic carbocycles. The van der Waals surface area contributed by atoms with Gasteiger partial charge in [0, 0.05) is 36.9 Å². The van der Waals surface area contributed by atoms with Gasteiger partial charge < -0.3 is 11.1 Å². The normalized spacial score (nSPS) is 11.9.